The second-order valence-electron chi connectivity index (χ2n) is 5.88. The molecule has 29 heavy (non-hydrogen) atoms. The molecule has 0 aliphatic heterocycles. The average molecular weight is 420 g/mol. The molecule has 2 aromatic heterocycles. The van der Waals surface area contributed by atoms with Gasteiger partial charge in [-0.1, -0.05) is 0 Å². The van der Waals surface area contributed by atoms with Gasteiger partial charge in [0.05, 0.1) is 5.69 Å². The molecular weight excluding hydrogens is 403 g/mol. The van der Waals surface area contributed by atoms with E-state index in [-0.39, 0.29) is 18.4 Å². The Labute approximate surface area is 168 Å². The van der Waals surface area contributed by atoms with Crippen LogP contribution in [0.1, 0.15) is 19.5 Å². The number of benzene rings is 1. The van der Waals surface area contributed by atoms with Crippen LogP contribution in [0.2, 0.25) is 0 Å². The number of carbonyl (C=O) groups is 2. The Morgan fingerprint density at radius 1 is 1.31 bits per heavy atom. The Balaban J connectivity index is 1.60. The van der Waals surface area contributed by atoms with E-state index in [2.05, 4.69) is 10.1 Å². The zero-order valence-electron chi connectivity index (χ0n) is 15.6. The summed E-state index contributed by atoms with van der Waals surface area (Å²) in [5.74, 6) is -2.14. The van der Waals surface area contributed by atoms with Gasteiger partial charge in [-0.25, -0.2) is 14.2 Å². The van der Waals surface area contributed by atoms with E-state index in [0.29, 0.717) is 22.9 Å². The van der Waals surface area contributed by atoms with Crippen molar-refractivity contribution in [3.8, 4) is 11.5 Å². The molecule has 0 saturated heterocycles. The number of halogens is 1. The second-order valence-corrected chi connectivity index (χ2v) is 6.72. The normalized spacial score (nSPS) is 10.7. The molecule has 3 rings (SSSR count). The molecule has 0 unspecified atom stereocenters. The fourth-order valence-corrected chi connectivity index (χ4v) is 3.33. The van der Waals surface area contributed by atoms with E-state index in [1.165, 1.54) is 47.4 Å². The standard InChI is InChI=1S/C18H17FN4O5S/c1-3-22(11(2)24)17-20-14(10-29-17)9-27-15(25)8-23-18(26)28-16(21-23)12-4-6-13(19)7-5-12/h4-7,10H,3,8-9H2,1-2H3. The highest BCUT2D eigenvalue weighted by Gasteiger charge is 2.16. The van der Waals surface area contributed by atoms with Crippen molar-refractivity contribution in [3.05, 3.63) is 51.7 Å². The van der Waals surface area contributed by atoms with E-state index >= 15 is 0 Å². The summed E-state index contributed by atoms with van der Waals surface area (Å²) in [5.41, 5.74) is 0.883. The number of carbonyl (C=O) groups excluding carboxylic acids is 2. The lowest BCUT2D eigenvalue weighted by molar-refractivity contribution is -0.146. The van der Waals surface area contributed by atoms with Crippen LogP contribution in [0.5, 0.6) is 0 Å². The van der Waals surface area contributed by atoms with Gasteiger partial charge in [0.25, 0.3) is 0 Å². The summed E-state index contributed by atoms with van der Waals surface area (Å²) >= 11 is 1.26. The lowest BCUT2D eigenvalue weighted by Gasteiger charge is -2.14. The first-order chi connectivity index (χ1) is 13.9. The van der Waals surface area contributed by atoms with Crippen molar-refractivity contribution in [2.45, 2.75) is 27.0 Å². The fourth-order valence-electron chi connectivity index (χ4n) is 2.42. The molecule has 0 aliphatic carbocycles. The summed E-state index contributed by atoms with van der Waals surface area (Å²) < 4.78 is 23.9. The van der Waals surface area contributed by atoms with Crippen LogP contribution in [0.15, 0.2) is 38.9 Å². The SMILES string of the molecule is CCN(C(C)=O)c1nc(COC(=O)Cn2nc(-c3ccc(F)cc3)oc2=O)cs1. The predicted molar refractivity (Wildman–Crippen MR) is 102 cm³/mol. The lowest BCUT2D eigenvalue weighted by Crippen LogP contribution is -2.27. The number of aromatic nitrogens is 3. The maximum atomic E-state index is 13.0. The van der Waals surface area contributed by atoms with Crippen molar-refractivity contribution in [3.63, 3.8) is 0 Å². The number of thiazole rings is 1. The van der Waals surface area contributed by atoms with Gasteiger partial charge in [-0.2, -0.15) is 4.68 Å². The van der Waals surface area contributed by atoms with Crippen molar-refractivity contribution < 1.29 is 23.1 Å². The molecule has 0 saturated carbocycles. The number of hydrogen-bond donors (Lipinski definition) is 0. The van der Waals surface area contributed by atoms with Crippen molar-refractivity contribution in [2.75, 3.05) is 11.4 Å². The number of ether oxygens (including phenoxy) is 1. The molecule has 0 spiro atoms. The van der Waals surface area contributed by atoms with Gasteiger partial charge in [-0.3, -0.25) is 14.5 Å². The molecule has 0 fully saturated rings. The van der Waals surface area contributed by atoms with Crippen LogP contribution in [0.25, 0.3) is 11.5 Å². The largest absolute Gasteiger partial charge is 0.458 e. The second kappa shape index (κ2) is 8.78. The van der Waals surface area contributed by atoms with Crippen LogP contribution in [0, 0.1) is 5.82 Å². The number of amides is 1. The molecule has 0 bridgehead atoms. The average Bonchev–Trinajstić information content (AvgIpc) is 3.28. The predicted octanol–water partition coefficient (Wildman–Crippen LogP) is 2.22. The summed E-state index contributed by atoms with van der Waals surface area (Å²) in [5, 5.41) is 6.12. The van der Waals surface area contributed by atoms with E-state index in [0.717, 1.165) is 4.68 Å². The molecule has 11 heteroatoms. The zero-order chi connectivity index (χ0) is 21.0. The summed E-state index contributed by atoms with van der Waals surface area (Å²) in [6.07, 6.45) is 0. The van der Waals surface area contributed by atoms with Crippen LogP contribution in [-0.4, -0.2) is 33.2 Å². The maximum Gasteiger partial charge on any atom is 0.437 e. The Kier molecular flexibility index (Phi) is 6.17. The van der Waals surface area contributed by atoms with E-state index in [1.54, 1.807) is 5.38 Å². The minimum Gasteiger partial charge on any atom is -0.458 e. The first kappa shape index (κ1) is 20.4. The molecule has 2 heterocycles. The van der Waals surface area contributed by atoms with E-state index in [4.69, 9.17) is 9.15 Å². The van der Waals surface area contributed by atoms with Crippen molar-refractivity contribution >= 4 is 28.3 Å². The van der Waals surface area contributed by atoms with Crippen LogP contribution in [0.4, 0.5) is 9.52 Å². The van der Waals surface area contributed by atoms with Crippen molar-refractivity contribution in [2.24, 2.45) is 0 Å². The monoisotopic (exact) mass is 420 g/mol. The van der Waals surface area contributed by atoms with Gasteiger partial charge in [0, 0.05) is 24.4 Å². The Hall–Kier alpha value is -3.34. The first-order valence-corrected chi connectivity index (χ1v) is 9.47. The minimum absolute atomic E-state index is 0.0316. The fraction of sp³-hybridized carbons (Fsp3) is 0.278. The highest BCUT2D eigenvalue weighted by molar-refractivity contribution is 7.14. The first-order valence-electron chi connectivity index (χ1n) is 8.59. The number of nitrogens with zero attached hydrogens (tertiary/aromatic N) is 4. The zero-order valence-corrected chi connectivity index (χ0v) is 16.4. The topological polar surface area (TPSA) is 108 Å². The van der Waals surface area contributed by atoms with Gasteiger partial charge in [0.1, 0.15) is 19.0 Å². The number of rotatable bonds is 7. The van der Waals surface area contributed by atoms with E-state index < -0.39 is 24.1 Å². The molecule has 1 amide bonds. The molecular formula is C18H17FN4O5S. The number of hydrogen-bond acceptors (Lipinski definition) is 8. The maximum absolute atomic E-state index is 13.0. The highest BCUT2D eigenvalue weighted by atomic mass is 32.1. The van der Waals surface area contributed by atoms with E-state index in [9.17, 15) is 18.8 Å². The third kappa shape index (κ3) is 4.93. The van der Waals surface area contributed by atoms with Crippen molar-refractivity contribution in [1.29, 1.82) is 0 Å². The molecule has 0 aliphatic rings. The Morgan fingerprint density at radius 2 is 2.03 bits per heavy atom. The molecule has 1 aromatic carbocycles. The minimum atomic E-state index is -0.836. The van der Waals surface area contributed by atoms with Crippen LogP contribution < -0.4 is 10.7 Å². The molecule has 0 radical (unpaired) electrons. The van der Waals surface area contributed by atoms with Gasteiger partial charge in [0.15, 0.2) is 5.13 Å². The van der Waals surface area contributed by atoms with Crippen LogP contribution >= 0.6 is 11.3 Å². The van der Waals surface area contributed by atoms with Gasteiger partial charge in [0.2, 0.25) is 11.8 Å². The Morgan fingerprint density at radius 3 is 2.69 bits per heavy atom. The van der Waals surface area contributed by atoms with Gasteiger partial charge < -0.3 is 9.15 Å². The van der Waals surface area contributed by atoms with Gasteiger partial charge >= 0.3 is 11.7 Å². The number of anilines is 1. The number of esters is 1. The third-order valence-electron chi connectivity index (χ3n) is 3.82. The molecule has 9 nitrogen and oxygen atoms in total. The summed E-state index contributed by atoms with van der Waals surface area (Å²) in [7, 11) is 0. The molecule has 3 aromatic rings. The molecule has 0 atom stereocenters. The summed E-state index contributed by atoms with van der Waals surface area (Å²) in [6.45, 7) is 3.20. The summed E-state index contributed by atoms with van der Waals surface area (Å²) in [6, 6.07) is 5.22. The quantitative estimate of drug-likeness (QED) is 0.539. The molecule has 0 N–H and O–H groups in total. The van der Waals surface area contributed by atoms with Crippen LogP contribution in [-0.2, 0) is 27.5 Å². The van der Waals surface area contributed by atoms with E-state index in [1.807, 2.05) is 6.92 Å². The summed E-state index contributed by atoms with van der Waals surface area (Å²) in [4.78, 5) is 41.2. The van der Waals surface area contributed by atoms with Crippen LogP contribution in [0.3, 0.4) is 0 Å². The smallest absolute Gasteiger partial charge is 0.437 e. The van der Waals surface area contributed by atoms with Crippen molar-refractivity contribution in [1.82, 2.24) is 14.8 Å². The lowest BCUT2D eigenvalue weighted by atomic mass is 10.2. The Bertz CT molecular complexity index is 1070. The van der Waals surface area contributed by atoms with Gasteiger partial charge in [-0.05, 0) is 31.2 Å². The third-order valence-corrected chi connectivity index (χ3v) is 4.74. The molecule has 152 valence electrons. The van der Waals surface area contributed by atoms with Gasteiger partial charge in [-0.15, -0.1) is 16.4 Å². The highest BCUT2D eigenvalue weighted by Crippen LogP contribution is 2.21.